The van der Waals surface area contributed by atoms with Crippen molar-refractivity contribution in [2.45, 2.75) is 20.0 Å². The molecule has 0 unspecified atom stereocenters. The number of aromatic nitrogens is 3. The van der Waals surface area contributed by atoms with Gasteiger partial charge in [-0.3, -0.25) is 4.79 Å². The summed E-state index contributed by atoms with van der Waals surface area (Å²) in [4.78, 5) is 20.0. The minimum absolute atomic E-state index is 0.102. The Hall–Kier alpha value is -3.15. The van der Waals surface area contributed by atoms with E-state index in [9.17, 15) is 4.79 Å². The molecule has 0 saturated carbocycles. The molecular weight excluding hydrogens is 314 g/mol. The maximum atomic E-state index is 11.7. The van der Waals surface area contributed by atoms with Crippen molar-refractivity contribution in [3.63, 3.8) is 0 Å². The van der Waals surface area contributed by atoms with Crippen LogP contribution in [0.2, 0.25) is 0 Å². The fraction of sp³-hybridized carbons (Fsp3) is 0.211. The number of imidazole rings is 1. The summed E-state index contributed by atoms with van der Waals surface area (Å²) in [6.45, 7) is 3.99. The van der Waals surface area contributed by atoms with Crippen LogP contribution in [0.3, 0.4) is 0 Å². The summed E-state index contributed by atoms with van der Waals surface area (Å²) in [5.74, 6) is 0.644. The molecule has 2 heterocycles. The first-order chi connectivity index (χ1) is 12.2. The molecule has 3 aromatic rings. The van der Waals surface area contributed by atoms with E-state index in [0.717, 1.165) is 12.4 Å². The molecule has 0 saturated heterocycles. The fourth-order valence-corrected chi connectivity index (χ4v) is 2.44. The number of rotatable bonds is 7. The van der Waals surface area contributed by atoms with Crippen LogP contribution < -0.4 is 10.6 Å². The highest BCUT2D eigenvalue weighted by atomic mass is 16.1. The van der Waals surface area contributed by atoms with E-state index in [-0.39, 0.29) is 5.91 Å². The van der Waals surface area contributed by atoms with Crippen molar-refractivity contribution in [3.8, 4) is 0 Å². The third-order valence-electron chi connectivity index (χ3n) is 3.78. The van der Waals surface area contributed by atoms with Gasteiger partial charge in [0.25, 0.3) is 5.91 Å². The molecule has 0 fully saturated rings. The van der Waals surface area contributed by atoms with Gasteiger partial charge in [-0.15, -0.1) is 0 Å². The lowest BCUT2D eigenvalue weighted by Gasteiger charge is -2.08. The number of hydrogen-bond donors (Lipinski definition) is 2. The van der Waals surface area contributed by atoms with E-state index in [2.05, 4.69) is 44.9 Å². The Labute approximate surface area is 146 Å². The quantitative estimate of drug-likeness (QED) is 0.696. The Morgan fingerprint density at radius 1 is 1.12 bits per heavy atom. The Kier molecular flexibility index (Phi) is 5.41. The molecule has 2 N–H and O–H groups in total. The van der Waals surface area contributed by atoms with Crippen molar-refractivity contribution in [2.24, 2.45) is 0 Å². The van der Waals surface area contributed by atoms with Crippen LogP contribution in [-0.4, -0.2) is 27.0 Å². The summed E-state index contributed by atoms with van der Waals surface area (Å²) in [6.07, 6.45) is 7.13. The van der Waals surface area contributed by atoms with E-state index in [1.54, 1.807) is 18.5 Å². The molecule has 0 aliphatic heterocycles. The van der Waals surface area contributed by atoms with Gasteiger partial charge < -0.3 is 15.2 Å². The molecular formula is C19H21N5O. The van der Waals surface area contributed by atoms with Crippen LogP contribution in [-0.2, 0) is 13.1 Å². The first-order valence-corrected chi connectivity index (χ1v) is 8.26. The molecule has 1 amide bonds. The van der Waals surface area contributed by atoms with Gasteiger partial charge in [-0.25, -0.2) is 9.97 Å². The Morgan fingerprint density at radius 3 is 2.56 bits per heavy atom. The van der Waals surface area contributed by atoms with Gasteiger partial charge in [-0.1, -0.05) is 24.3 Å². The van der Waals surface area contributed by atoms with E-state index in [1.165, 1.54) is 11.1 Å². The van der Waals surface area contributed by atoms with Crippen LogP contribution in [0.5, 0.6) is 0 Å². The molecule has 0 aliphatic rings. The first kappa shape index (κ1) is 16.7. The van der Waals surface area contributed by atoms with Gasteiger partial charge in [-0.05, 0) is 30.2 Å². The smallest absolute Gasteiger partial charge is 0.252 e. The van der Waals surface area contributed by atoms with Crippen molar-refractivity contribution in [2.75, 3.05) is 11.9 Å². The van der Waals surface area contributed by atoms with Crippen molar-refractivity contribution in [3.05, 3.63) is 78.0 Å². The zero-order valence-electron chi connectivity index (χ0n) is 14.1. The number of carbonyl (C=O) groups is 1. The monoisotopic (exact) mass is 335 g/mol. The molecule has 0 spiro atoms. The SMILES string of the molecule is CCNC(=O)c1ccc(NCc2ccc(Cn3ccnc3)cc2)nc1. The van der Waals surface area contributed by atoms with E-state index in [4.69, 9.17) is 0 Å². The second kappa shape index (κ2) is 8.10. The number of hydrogen-bond acceptors (Lipinski definition) is 4. The number of benzene rings is 1. The minimum Gasteiger partial charge on any atom is -0.366 e. The van der Waals surface area contributed by atoms with Crippen molar-refractivity contribution in [1.29, 1.82) is 0 Å². The Balaban J connectivity index is 1.53. The lowest BCUT2D eigenvalue weighted by atomic mass is 10.1. The van der Waals surface area contributed by atoms with Crippen molar-refractivity contribution < 1.29 is 4.79 Å². The number of amides is 1. The summed E-state index contributed by atoms with van der Waals surface area (Å²) < 4.78 is 2.04. The van der Waals surface area contributed by atoms with Crippen LogP contribution in [0.15, 0.2) is 61.3 Å². The predicted octanol–water partition coefficient (Wildman–Crippen LogP) is 2.69. The van der Waals surface area contributed by atoms with Crippen LogP contribution in [0.25, 0.3) is 0 Å². The third-order valence-corrected chi connectivity index (χ3v) is 3.78. The molecule has 2 aromatic heterocycles. The normalized spacial score (nSPS) is 10.4. The van der Waals surface area contributed by atoms with Crippen molar-refractivity contribution in [1.82, 2.24) is 19.9 Å². The lowest BCUT2D eigenvalue weighted by molar-refractivity contribution is 0.0955. The second-order valence-corrected chi connectivity index (χ2v) is 5.70. The molecule has 0 atom stereocenters. The molecule has 0 radical (unpaired) electrons. The molecule has 0 aliphatic carbocycles. The number of nitrogens with zero attached hydrogens (tertiary/aromatic N) is 3. The largest absolute Gasteiger partial charge is 0.366 e. The average Bonchev–Trinajstić information content (AvgIpc) is 3.15. The van der Waals surface area contributed by atoms with Crippen LogP contribution in [0.4, 0.5) is 5.82 Å². The fourth-order valence-electron chi connectivity index (χ4n) is 2.44. The van der Waals surface area contributed by atoms with Gasteiger partial charge >= 0.3 is 0 Å². The van der Waals surface area contributed by atoms with Crippen molar-refractivity contribution >= 4 is 11.7 Å². The van der Waals surface area contributed by atoms with Crippen LogP contribution >= 0.6 is 0 Å². The van der Waals surface area contributed by atoms with Gasteiger partial charge in [0.05, 0.1) is 11.9 Å². The number of nitrogens with one attached hydrogen (secondary N) is 2. The maximum absolute atomic E-state index is 11.7. The highest BCUT2D eigenvalue weighted by Crippen LogP contribution is 2.10. The zero-order chi connectivity index (χ0) is 17.5. The number of carbonyl (C=O) groups excluding carboxylic acids is 1. The maximum Gasteiger partial charge on any atom is 0.252 e. The summed E-state index contributed by atoms with van der Waals surface area (Å²) in [5, 5.41) is 6.02. The van der Waals surface area contributed by atoms with E-state index in [1.807, 2.05) is 30.1 Å². The predicted molar refractivity (Wildman–Crippen MR) is 97.3 cm³/mol. The van der Waals surface area contributed by atoms with E-state index < -0.39 is 0 Å². The number of anilines is 1. The summed E-state index contributed by atoms with van der Waals surface area (Å²) in [5.41, 5.74) is 2.96. The molecule has 6 nitrogen and oxygen atoms in total. The van der Waals surface area contributed by atoms with Crippen LogP contribution in [0, 0.1) is 0 Å². The van der Waals surface area contributed by atoms with Crippen LogP contribution in [0.1, 0.15) is 28.4 Å². The highest BCUT2D eigenvalue weighted by molar-refractivity contribution is 5.93. The third kappa shape index (κ3) is 4.67. The van der Waals surface area contributed by atoms with Gasteiger partial charge in [0.2, 0.25) is 0 Å². The second-order valence-electron chi connectivity index (χ2n) is 5.70. The molecule has 3 rings (SSSR count). The summed E-state index contributed by atoms with van der Waals surface area (Å²) >= 11 is 0. The molecule has 128 valence electrons. The molecule has 0 bridgehead atoms. The topological polar surface area (TPSA) is 71.8 Å². The van der Waals surface area contributed by atoms with E-state index >= 15 is 0 Å². The van der Waals surface area contributed by atoms with Gasteiger partial charge in [0, 0.05) is 38.2 Å². The van der Waals surface area contributed by atoms with Gasteiger partial charge in [0.15, 0.2) is 0 Å². The Morgan fingerprint density at radius 2 is 1.92 bits per heavy atom. The first-order valence-electron chi connectivity index (χ1n) is 8.26. The van der Waals surface area contributed by atoms with Gasteiger partial charge in [0.1, 0.15) is 5.82 Å². The van der Waals surface area contributed by atoms with E-state index in [0.29, 0.717) is 18.7 Å². The number of pyridine rings is 1. The summed E-state index contributed by atoms with van der Waals surface area (Å²) in [7, 11) is 0. The standard InChI is InChI=1S/C19H21N5O/c1-2-21-19(25)17-7-8-18(23-12-17)22-11-15-3-5-16(6-4-15)13-24-10-9-20-14-24/h3-10,12,14H,2,11,13H2,1H3,(H,21,25)(H,22,23). The highest BCUT2D eigenvalue weighted by Gasteiger charge is 2.04. The minimum atomic E-state index is -0.102. The average molecular weight is 335 g/mol. The molecule has 6 heteroatoms. The lowest BCUT2D eigenvalue weighted by Crippen LogP contribution is -2.22. The molecule has 1 aromatic carbocycles. The zero-order valence-corrected chi connectivity index (χ0v) is 14.1. The van der Waals surface area contributed by atoms with Gasteiger partial charge in [-0.2, -0.15) is 0 Å². The molecule has 25 heavy (non-hydrogen) atoms. The Bertz CT molecular complexity index is 795. The summed E-state index contributed by atoms with van der Waals surface area (Å²) in [6, 6.07) is 12.0.